The summed E-state index contributed by atoms with van der Waals surface area (Å²) in [6.07, 6.45) is 0.831. The number of carboxylic acids is 1. The molecule has 1 aromatic rings. The lowest BCUT2D eigenvalue weighted by molar-refractivity contribution is -0.143. The summed E-state index contributed by atoms with van der Waals surface area (Å²) >= 11 is 0. The van der Waals surface area contributed by atoms with Crippen molar-refractivity contribution in [2.45, 2.75) is 37.6 Å². The van der Waals surface area contributed by atoms with Gasteiger partial charge in [-0.2, -0.15) is 0 Å². The molecular formula is C17H24N2O5S. The standard InChI is InChI=1S/C17H24N2O5S/c1-12-3-5-15(6-4-12)25(23,24)11-13(2)18-17(22)19-9-7-14(8-10-19)16(20)21/h3-6,13-14H,7-11H2,1-2H3,(H,18,22)(H,20,21). The average molecular weight is 368 g/mol. The lowest BCUT2D eigenvalue weighted by Gasteiger charge is -2.31. The number of hydrogen-bond acceptors (Lipinski definition) is 4. The molecule has 1 aromatic carbocycles. The highest BCUT2D eigenvalue weighted by Gasteiger charge is 2.28. The number of aliphatic carboxylic acids is 1. The van der Waals surface area contributed by atoms with Crippen LogP contribution in [0.3, 0.4) is 0 Å². The highest BCUT2D eigenvalue weighted by molar-refractivity contribution is 7.91. The van der Waals surface area contributed by atoms with Crippen molar-refractivity contribution < 1.29 is 23.1 Å². The number of urea groups is 1. The first-order valence-corrected chi connectivity index (χ1v) is 9.92. The minimum Gasteiger partial charge on any atom is -0.481 e. The zero-order chi connectivity index (χ0) is 18.6. The number of rotatable bonds is 5. The Morgan fingerprint density at radius 3 is 2.32 bits per heavy atom. The molecule has 1 saturated heterocycles. The van der Waals surface area contributed by atoms with Crippen molar-refractivity contribution >= 4 is 21.8 Å². The van der Waals surface area contributed by atoms with Gasteiger partial charge in [-0.05, 0) is 38.8 Å². The Hall–Kier alpha value is -2.09. The molecule has 0 spiro atoms. The van der Waals surface area contributed by atoms with Crippen molar-refractivity contribution in [3.63, 3.8) is 0 Å². The number of benzene rings is 1. The Balaban J connectivity index is 1.89. The molecule has 138 valence electrons. The lowest BCUT2D eigenvalue weighted by atomic mass is 9.97. The molecule has 0 saturated carbocycles. The van der Waals surface area contributed by atoms with Crippen LogP contribution in [-0.4, -0.2) is 55.3 Å². The molecule has 0 radical (unpaired) electrons. The molecule has 0 bridgehead atoms. The van der Waals surface area contributed by atoms with E-state index in [-0.39, 0.29) is 16.7 Å². The van der Waals surface area contributed by atoms with E-state index in [2.05, 4.69) is 5.32 Å². The molecule has 1 aliphatic heterocycles. The van der Waals surface area contributed by atoms with Crippen LogP contribution >= 0.6 is 0 Å². The zero-order valence-corrected chi connectivity index (χ0v) is 15.3. The second-order valence-corrected chi connectivity index (χ2v) is 8.58. The third-order valence-electron chi connectivity index (χ3n) is 4.35. The number of carbonyl (C=O) groups excluding carboxylic acids is 1. The van der Waals surface area contributed by atoms with Crippen molar-refractivity contribution in [1.82, 2.24) is 10.2 Å². The summed E-state index contributed by atoms with van der Waals surface area (Å²) in [6, 6.07) is 5.71. The largest absolute Gasteiger partial charge is 0.481 e. The molecule has 1 unspecified atom stereocenters. The Bertz CT molecular complexity index is 722. The Morgan fingerprint density at radius 2 is 1.80 bits per heavy atom. The number of hydrogen-bond donors (Lipinski definition) is 2. The van der Waals surface area contributed by atoms with E-state index >= 15 is 0 Å². The van der Waals surface area contributed by atoms with Crippen molar-refractivity contribution in [1.29, 1.82) is 0 Å². The van der Waals surface area contributed by atoms with Crippen molar-refractivity contribution in [3.05, 3.63) is 29.8 Å². The third-order valence-corrected chi connectivity index (χ3v) is 6.28. The predicted octanol–water partition coefficient (Wildman–Crippen LogP) is 1.66. The van der Waals surface area contributed by atoms with Crippen LogP contribution in [0.1, 0.15) is 25.3 Å². The maximum Gasteiger partial charge on any atom is 0.317 e. The Morgan fingerprint density at radius 1 is 1.24 bits per heavy atom. The first-order valence-electron chi connectivity index (χ1n) is 8.26. The smallest absolute Gasteiger partial charge is 0.317 e. The number of aryl methyl sites for hydroxylation is 1. The lowest BCUT2D eigenvalue weighted by Crippen LogP contribution is -2.49. The molecule has 2 amide bonds. The zero-order valence-electron chi connectivity index (χ0n) is 14.4. The predicted molar refractivity (Wildman–Crippen MR) is 93.2 cm³/mol. The van der Waals surface area contributed by atoms with Crippen LogP contribution in [0, 0.1) is 12.8 Å². The normalized spacial score (nSPS) is 17.1. The summed E-state index contributed by atoms with van der Waals surface area (Å²) in [4.78, 5) is 24.9. The van der Waals surface area contributed by atoms with Crippen LogP contribution < -0.4 is 5.32 Å². The number of nitrogens with one attached hydrogen (secondary N) is 1. The van der Waals surface area contributed by atoms with Gasteiger partial charge in [0.05, 0.1) is 16.6 Å². The van der Waals surface area contributed by atoms with E-state index in [4.69, 9.17) is 5.11 Å². The fourth-order valence-corrected chi connectivity index (χ4v) is 4.33. The molecule has 25 heavy (non-hydrogen) atoms. The number of carboxylic acid groups (broad SMARTS) is 1. The van der Waals surface area contributed by atoms with Crippen LogP contribution in [0.25, 0.3) is 0 Å². The summed E-state index contributed by atoms with van der Waals surface area (Å²) in [5.74, 6) is -1.44. The molecule has 2 rings (SSSR count). The Labute approximate surface area is 147 Å². The van der Waals surface area contributed by atoms with Gasteiger partial charge < -0.3 is 15.3 Å². The molecule has 0 aliphatic carbocycles. The molecule has 0 aromatic heterocycles. The Kier molecular flexibility index (Phi) is 6.05. The van der Waals surface area contributed by atoms with Gasteiger partial charge in [0.25, 0.3) is 0 Å². The maximum absolute atomic E-state index is 12.4. The molecule has 8 heteroatoms. The van der Waals surface area contributed by atoms with E-state index in [1.54, 1.807) is 31.2 Å². The van der Waals surface area contributed by atoms with Gasteiger partial charge in [-0.1, -0.05) is 17.7 Å². The monoisotopic (exact) mass is 368 g/mol. The van der Waals surface area contributed by atoms with E-state index in [1.165, 1.54) is 4.90 Å². The van der Waals surface area contributed by atoms with Gasteiger partial charge in [0, 0.05) is 19.1 Å². The number of piperidine rings is 1. The number of likely N-dealkylation sites (tertiary alicyclic amines) is 1. The van der Waals surface area contributed by atoms with Crippen LogP contribution in [0.15, 0.2) is 29.2 Å². The molecule has 1 atom stereocenters. The van der Waals surface area contributed by atoms with E-state index < -0.39 is 27.8 Å². The number of carbonyl (C=O) groups is 2. The van der Waals surface area contributed by atoms with Crippen molar-refractivity contribution in [2.24, 2.45) is 5.92 Å². The summed E-state index contributed by atoms with van der Waals surface area (Å²) in [5.41, 5.74) is 0.977. The maximum atomic E-state index is 12.4. The molecule has 1 fully saturated rings. The molecule has 1 aliphatic rings. The van der Waals surface area contributed by atoms with E-state index in [1.807, 2.05) is 6.92 Å². The second kappa shape index (κ2) is 7.86. The molecule has 1 heterocycles. The number of amides is 2. The number of sulfone groups is 1. The van der Waals surface area contributed by atoms with Gasteiger partial charge in [-0.25, -0.2) is 13.2 Å². The highest BCUT2D eigenvalue weighted by Crippen LogP contribution is 2.18. The van der Waals surface area contributed by atoms with Gasteiger partial charge in [-0.3, -0.25) is 4.79 Å². The minimum atomic E-state index is -3.48. The van der Waals surface area contributed by atoms with Crippen LogP contribution in [0.2, 0.25) is 0 Å². The summed E-state index contributed by atoms with van der Waals surface area (Å²) in [6.45, 7) is 4.25. The number of nitrogens with zero attached hydrogens (tertiary/aromatic N) is 1. The van der Waals surface area contributed by atoms with E-state index in [0.717, 1.165) is 5.56 Å². The summed E-state index contributed by atoms with van der Waals surface area (Å²) < 4.78 is 24.8. The first kappa shape index (κ1) is 19.2. The highest BCUT2D eigenvalue weighted by atomic mass is 32.2. The SMILES string of the molecule is Cc1ccc(S(=O)(=O)CC(C)NC(=O)N2CCC(C(=O)O)CC2)cc1. The van der Waals surface area contributed by atoms with Crippen LogP contribution in [0.4, 0.5) is 4.79 Å². The third kappa shape index (κ3) is 5.19. The summed E-state index contributed by atoms with van der Waals surface area (Å²) in [5, 5.41) is 11.7. The fraction of sp³-hybridized carbons (Fsp3) is 0.529. The van der Waals surface area contributed by atoms with Gasteiger partial charge in [-0.15, -0.1) is 0 Å². The van der Waals surface area contributed by atoms with E-state index in [9.17, 15) is 18.0 Å². The van der Waals surface area contributed by atoms with Crippen molar-refractivity contribution in [2.75, 3.05) is 18.8 Å². The van der Waals surface area contributed by atoms with Gasteiger partial charge in [0.2, 0.25) is 0 Å². The van der Waals surface area contributed by atoms with Crippen LogP contribution in [-0.2, 0) is 14.6 Å². The quantitative estimate of drug-likeness (QED) is 0.823. The van der Waals surface area contributed by atoms with Gasteiger partial charge >= 0.3 is 12.0 Å². The van der Waals surface area contributed by atoms with E-state index in [0.29, 0.717) is 25.9 Å². The topological polar surface area (TPSA) is 104 Å². The molecular weight excluding hydrogens is 344 g/mol. The van der Waals surface area contributed by atoms with Crippen LogP contribution in [0.5, 0.6) is 0 Å². The van der Waals surface area contributed by atoms with Gasteiger partial charge in [0.15, 0.2) is 9.84 Å². The second-order valence-electron chi connectivity index (χ2n) is 6.54. The average Bonchev–Trinajstić information content (AvgIpc) is 2.54. The van der Waals surface area contributed by atoms with Gasteiger partial charge in [0.1, 0.15) is 0 Å². The fourth-order valence-electron chi connectivity index (χ4n) is 2.84. The molecule has 2 N–H and O–H groups in total. The first-order chi connectivity index (χ1) is 11.7. The molecule has 7 nitrogen and oxygen atoms in total. The summed E-state index contributed by atoms with van der Waals surface area (Å²) in [7, 11) is -3.48. The van der Waals surface area contributed by atoms with Crippen molar-refractivity contribution in [3.8, 4) is 0 Å². The minimum absolute atomic E-state index is 0.187.